The normalized spacial score (nSPS) is 24.1. The van der Waals surface area contributed by atoms with Crippen molar-refractivity contribution >= 4 is 47.1 Å². The summed E-state index contributed by atoms with van der Waals surface area (Å²) in [5, 5.41) is 0. The van der Waals surface area contributed by atoms with Gasteiger partial charge in [0.2, 0.25) is 0 Å². The molecule has 4 rings (SSSR count). The number of hydrogen-bond donors (Lipinski definition) is 1. The van der Waals surface area contributed by atoms with Crippen LogP contribution in [0.25, 0.3) is 0 Å². The maximum Gasteiger partial charge on any atom is 0.184 e. The molecule has 2 atom stereocenters. The van der Waals surface area contributed by atoms with Gasteiger partial charge in [-0.25, -0.2) is 9.29 Å². The number of halogens is 1. The van der Waals surface area contributed by atoms with Gasteiger partial charge in [0.25, 0.3) is 0 Å². The number of H-pyrrole nitrogens is 1. The van der Waals surface area contributed by atoms with Gasteiger partial charge in [0.15, 0.2) is 9.24 Å². The minimum atomic E-state index is 0.650. The van der Waals surface area contributed by atoms with Crippen molar-refractivity contribution in [1.29, 1.82) is 0 Å². The second-order valence-electron chi connectivity index (χ2n) is 5.70. The largest absolute Gasteiger partial charge is 0.337 e. The van der Waals surface area contributed by atoms with Crippen LogP contribution >= 0.6 is 47.1 Å². The van der Waals surface area contributed by atoms with E-state index in [0.717, 1.165) is 16.6 Å². The molecule has 4 nitrogen and oxygen atoms in total. The van der Waals surface area contributed by atoms with Gasteiger partial charge in [-0.1, -0.05) is 29.4 Å². The van der Waals surface area contributed by atoms with E-state index in [1.165, 1.54) is 36.6 Å². The molecule has 2 aromatic rings. The van der Waals surface area contributed by atoms with Crippen LogP contribution < -0.4 is 0 Å². The molecule has 1 saturated heterocycles. The summed E-state index contributed by atoms with van der Waals surface area (Å²) in [5.74, 6) is 1.92. The van der Waals surface area contributed by atoms with Crippen molar-refractivity contribution in [3.63, 3.8) is 0 Å². The fourth-order valence-electron chi connectivity index (χ4n) is 3.07. The number of thiazole rings is 1. The number of nitrogens with one attached hydrogen (secondary N) is 1. The molecule has 0 unspecified atom stereocenters. The molecule has 2 aliphatic rings. The van der Waals surface area contributed by atoms with E-state index in [1.807, 2.05) is 42.2 Å². The van der Waals surface area contributed by atoms with Crippen LogP contribution in [0.1, 0.15) is 19.3 Å². The van der Waals surface area contributed by atoms with E-state index >= 15 is 0 Å². The van der Waals surface area contributed by atoms with Gasteiger partial charge >= 0.3 is 0 Å². The first kappa shape index (κ1) is 16.5. The van der Waals surface area contributed by atoms with Crippen molar-refractivity contribution in [3.05, 3.63) is 27.8 Å². The standard InChI is InChI=1S/C10H13ClN2S2.C4H6N2S/c11-10-12-4-9(14-10)15-13-5-7-2-1-3-8(7)6-13;1-6-3-2-5-4(6)7/h4,7-8H,1-3,5-6H2;2-3H,1H3,(H,5,7)/t7-,8+;. The molecule has 0 aromatic carbocycles. The summed E-state index contributed by atoms with van der Waals surface area (Å²) in [6.07, 6.45) is 9.88. The maximum absolute atomic E-state index is 5.82. The number of aryl methyl sites for hydroxylation is 1. The summed E-state index contributed by atoms with van der Waals surface area (Å²) in [4.78, 5) is 6.91. The number of hydrogen-bond acceptors (Lipinski definition) is 5. The molecule has 8 heteroatoms. The van der Waals surface area contributed by atoms with Crippen LogP contribution in [-0.2, 0) is 7.05 Å². The van der Waals surface area contributed by atoms with Crippen LogP contribution in [0.4, 0.5) is 0 Å². The van der Waals surface area contributed by atoms with Crippen LogP contribution in [-0.4, -0.2) is 31.9 Å². The molecule has 0 amide bonds. The predicted molar refractivity (Wildman–Crippen MR) is 96.0 cm³/mol. The minimum absolute atomic E-state index is 0.650. The Morgan fingerprint density at radius 2 is 2.14 bits per heavy atom. The molecule has 0 bridgehead atoms. The molecular weight excluding hydrogens is 356 g/mol. The highest BCUT2D eigenvalue weighted by atomic mass is 35.5. The van der Waals surface area contributed by atoms with Crippen molar-refractivity contribution < 1.29 is 0 Å². The lowest BCUT2D eigenvalue weighted by atomic mass is 10.0. The summed E-state index contributed by atoms with van der Waals surface area (Å²) in [6, 6.07) is 0. The van der Waals surface area contributed by atoms with E-state index in [0.29, 0.717) is 4.47 Å². The van der Waals surface area contributed by atoms with Gasteiger partial charge in [-0.05, 0) is 48.8 Å². The Balaban J connectivity index is 0.000000174. The number of nitrogens with zero attached hydrogens (tertiary/aromatic N) is 3. The average Bonchev–Trinajstić information content (AvgIpc) is 3.20. The van der Waals surface area contributed by atoms with Crippen molar-refractivity contribution in [2.24, 2.45) is 18.9 Å². The Morgan fingerprint density at radius 3 is 2.59 bits per heavy atom. The molecule has 1 aliphatic heterocycles. The van der Waals surface area contributed by atoms with Gasteiger partial charge in [-0.3, -0.25) is 0 Å². The first-order chi connectivity index (χ1) is 10.6. The minimum Gasteiger partial charge on any atom is -0.337 e. The van der Waals surface area contributed by atoms with Crippen molar-refractivity contribution in [2.45, 2.75) is 23.5 Å². The molecule has 0 spiro atoms. The van der Waals surface area contributed by atoms with Crippen LogP contribution in [0.5, 0.6) is 0 Å². The van der Waals surface area contributed by atoms with Crippen LogP contribution in [0.2, 0.25) is 4.47 Å². The fourth-order valence-corrected chi connectivity index (χ4v) is 5.59. The summed E-state index contributed by atoms with van der Waals surface area (Å²) in [6.45, 7) is 2.51. The molecule has 120 valence electrons. The summed E-state index contributed by atoms with van der Waals surface area (Å²) >= 11 is 14.0. The maximum atomic E-state index is 5.82. The molecule has 1 aliphatic carbocycles. The summed E-state index contributed by atoms with van der Waals surface area (Å²) < 4.78 is 6.96. The zero-order valence-electron chi connectivity index (χ0n) is 12.4. The Bertz CT molecular complexity index is 653. The molecule has 22 heavy (non-hydrogen) atoms. The lowest BCUT2D eigenvalue weighted by Crippen LogP contribution is -2.12. The van der Waals surface area contributed by atoms with Crippen molar-refractivity contribution in [1.82, 2.24) is 18.8 Å². The van der Waals surface area contributed by atoms with Gasteiger partial charge in [-0.2, -0.15) is 0 Å². The van der Waals surface area contributed by atoms with E-state index in [1.54, 1.807) is 11.3 Å². The fraction of sp³-hybridized carbons (Fsp3) is 0.571. The van der Waals surface area contributed by atoms with E-state index < -0.39 is 0 Å². The Morgan fingerprint density at radius 1 is 1.41 bits per heavy atom. The number of aromatic amines is 1. The molecule has 3 heterocycles. The van der Waals surface area contributed by atoms with Crippen LogP contribution in [0.3, 0.4) is 0 Å². The number of aromatic nitrogens is 3. The smallest absolute Gasteiger partial charge is 0.184 e. The lowest BCUT2D eigenvalue weighted by Gasteiger charge is -2.13. The van der Waals surface area contributed by atoms with E-state index in [-0.39, 0.29) is 0 Å². The molecule has 1 saturated carbocycles. The third kappa shape index (κ3) is 4.14. The number of rotatable bonds is 2. The van der Waals surface area contributed by atoms with Crippen molar-refractivity contribution in [2.75, 3.05) is 13.1 Å². The van der Waals surface area contributed by atoms with Gasteiger partial charge < -0.3 is 9.55 Å². The first-order valence-corrected chi connectivity index (χ1v) is 9.73. The quantitative estimate of drug-likeness (QED) is 0.614. The lowest BCUT2D eigenvalue weighted by molar-refractivity contribution is 0.494. The second-order valence-corrected chi connectivity index (χ2v) is 9.09. The molecule has 0 radical (unpaired) electrons. The van der Waals surface area contributed by atoms with Gasteiger partial charge in [-0.15, -0.1) is 0 Å². The Labute approximate surface area is 149 Å². The van der Waals surface area contributed by atoms with E-state index in [9.17, 15) is 0 Å². The van der Waals surface area contributed by atoms with Crippen molar-refractivity contribution in [3.8, 4) is 0 Å². The third-order valence-electron chi connectivity index (χ3n) is 4.19. The average molecular weight is 375 g/mol. The van der Waals surface area contributed by atoms with E-state index in [4.69, 9.17) is 23.8 Å². The highest BCUT2D eigenvalue weighted by molar-refractivity contribution is 7.99. The zero-order chi connectivity index (χ0) is 15.5. The monoisotopic (exact) mass is 374 g/mol. The molecular formula is C14H19ClN4S3. The third-order valence-corrected chi connectivity index (χ3v) is 6.82. The Hall–Kier alpha value is -0.340. The molecule has 2 fully saturated rings. The molecule has 1 N–H and O–H groups in total. The first-order valence-electron chi connectivity index (χ1n) is 7.36. The second kappa shape index (κ2) is 7.49. The highest BCUT2D eigenvalue weighted by Crippen LogP contribution is 2.42. The van der Waals surface area contributed by atoms with Gasteiger partial charge in [0.05, 0.1) is 10.4 Å². The summed E-state index contributed by atoms with van der Waals surface area (Å²) in [7, 11) is 1.90. The topological polar surface area (TPSA) is 36.9 Å². The predicted octanol–water partition coefficient (Wildman–Crippen LogP) is 4.62. The Kier molecular flexibility index (Phi) is 5.62. The van der Waals surface area contributed by atoms with E-state index in [2.05, 4.69) is 14.3 Å². The highest BCUT2D eigenvalue weighted by Gasteiger charge is 2.36. The molecule has 2 aromatic heterocycles. The van der Waals surface area contributed by atoms with Gasteiger partial charge in [0.1, 0.15) is 0 Å². The summed E-state index contributed by atoms with van der Waals surface area (Å²) in [5.41, 5.74) is 0. The number of imidazole rings is 1. The number of fused-ring (bicyclic) bond motifs is 1. The zero-order valence-corrected chi connectivity index (χ0v) is 15.6. The van der Waals surface area contributed by atoms with Crippen LogP contribution in [0.15, 0.2) is 22.8 Å². The SMILES string of the molecule is Clc1ncc(SN2C[C@H]3CCC[C@H]3C2)s1.Cn1cc[nH]c1=S. The van der Waals surface area contributed by atoms with Crippen LogP contribution in [0, 0.1) is 16.6 Å². The van der Waals surface area contributed by atoms with Gasteiger partial charge in [0, 0.05) is 32.5 Å².